The van der Waals surface area contributed by atoms with E-state index < -0.39 is 16.6 Å². The summed E-state index contributed by atoms with van der Waals surface area (Å²) < 4.78 is 13.2. The summed E-state index contributed by atoms with van der Waals surface area (Å²) in [5.41, 5.74) is 1.16. The number of rotatable bonds is 3. The van der Waals surface area contributed by atoms with Crippen LogP contribution in [0.1, 0.15) is 10.4 Å². The molecule has 0 spiro atoms. The summed E-state index contributed by atoms with van der Waals surface area (Å²) in [6, 6.07) is 11.8. The maximum absolute atomic E-state index is 13.2. The topological polar surface area (TPSA) is 78.7 Å². The molecule has 1 aliphatic heterocycles. The van der Waals surface area contributed by atoms with Crippen molar-refractivity contribution in [1.82, 2.24) is 10.2 Å². The number of nitrogens with one attached hydrogen (secondary N) is 1. The molecule has 0 aliphatic carbocycles. The lowest BCUT2D eigenvalue weighted by Crippen LogP contribution is -2.52. The molecule has 2 aromatic carbocycles. The molecule has 1 amide bonds. The van der Waals surface area contributed by atoms with Crippen LogP contribution in [0.25, 0.3) is 0 Å². The summed E-state index contributed by atoms with van der Waals surface area (Å²) >= 11 is 5.29. The van der Waals surface area contributed by atoms with Gasteiger partial charge in [0.05, 0.1) is 4.92 Å². The van der Waals surface area contributed by atoms with Crippen molar-refractivity contribution in [1.29, 1.82) is 0 Å². The number of benzene rings is 2. The average Bonchev–Trinajstić information content (AvgIpc) is 2.68. The van der Waals surface area contributed by atoms with Crippen molar-refractivity contribution in [2.75, 3.05) is 31.1 Å². The molecular weight excluding hydrogens is 371 g/mol. The van der Waals surface area contributed by atoms with Crippen LogP contribution in [0.3, 0.4) is 0 Å². The largest absolute Gasteiger partial charge is 0.368 e. The third-order valence-electron chi connectivity index (χ3n) is 4.30. The van der Waals surface area contributed by atoms with E-state index in [2.05, 4.69) is 10.2 Å². The fraction of sp³-hybridized carbons (Fsp3) is 0.222. The zero-order valence-corrected chi connectivity index (χ0v) is 15.1. The minimum absolute atomic E-state index is 0.0543. The second-order valence-corrected chi connectivity index (χ2v) is 6.40. The first kappa shape index (κ1) is 18.7. The Kier molecular flexibility index (Phi) is 5.60. The van der Waals surface area contributed by atoms with Gasteiger partial charge in [-0.15, -0.1) is 0 Å². The molecular formula is C18H17FN4O3S. The number of nitrogens with zero attached hydrogens (tertiary/aromatic N) is 3. The monoisotopic (exact) mass is 388 g/mol. The molecule has 0 bridgehead atoms. The van der Waals surface area contributed by atoms with E-state index in [1.54, 1.807) is 12.1 Å². The van der Waals surface area contributed by atoms with Crippen LogP contribution in [0.15, 0.2) is 48.5 Å². The van der Waals surface area contributed by atoms with Crippen molar-refractivity contribution in [3.05, 3.63) is 70.0 Å². The first-order valence-corrected chi connectivity index (χ1v) is 8.70. The molecule has 27 heavy (non-hydrogen) atoms. The second kappa shape index (κ2) is 8.09. The van der Waals surface area contributed by atoms with Crippen LogP contribution in [0.4, 0.5) is 15.8 Å². The van der Waals surface area contributed by atoms with Crippen molar-refractivity contribution in [3.63, 3.8) is 0 Å². The highest BCUT2D eigenvalue weighted by Gasteiger charge is 2.21. The molecule has 1 heterocycles. The van der Waals surface area contributed by atoms with Gasteiger partial charge in [-0.2, -0.15) is 0 Å². The van der Waals surface area contributed by atoms with E-state index in [0.29, 0.717) is 31.3 Å². The number of piperazine rings is 1. The Bertz CT molecular complexity index is 867. The quantitative estimate of drug-likeness (QED) is 0.495. The Hall–Kier alpha value is -3.07. The zero-order valence-electron chi connectivity index (χ0n) is 14.3. The molecule has 7 nitrogen and oxygen atoms in total. The molecule has 3 rings (SSSR count). The fourth-order valence-electron chi connectivity index (χ4n) is 2.83. The van der Waals surface area contributed by atoms with Crippen LogP contribution in [-0.4, -0.2) is 47.0 Å². The number of hydrogen-bond donors (Lipinski definition) is 1. The summed E-state index contributed by atoms with van der Waals surface area (Å²) in [6.45, 7) is 2.51. The Morgan fingerprint density at radius 3 is 2.37 bits per heavy atom. The van der Waals surface area contributed by atoms with E-state index in [4.69, 9.17) is 12.2 Å². The van der Waals surface area contributed by atoms with Gasteiger partial charge in [-0.1, -0.05) is 6.07 Å². The van der Waals surface area contributed by atoms with Crippen molar-refractivity contribution in [2.24, 2.45) is 0 Å². The van der Waals surface area contributed by atoms with Gasteiger partial charge in [0, 0.05) is 49.6 Å². The number of carbonyl (C=O) groups excluding carboxylic acids is 1. The van der Waals surface area contributed by atoms with Gasteiger partial charge in [-0.05, 0) is 42.5 Å². The van der Waals surface area contributed by atoms with E-state index >= 15 is 0 Å². The SMILES string of the molecule is O=C(NC(=S)N1CCN(c2ccc([N+](=O)[O-])cc2)CC1)c1cccc(F)c1. The summed E-state index contributed by atoms with van der Waals surface area (Å²) in [6.07, 6.45) is 0. The van der Waals surface area contributed by atoms with Crippen molar-refractivity contribution in [2.45, 2.75) is 0 Å². The third kappa shape index (κ3) is 4.56. The Labute approximate surface area is 160 Å². The molecule has 1 aliphatic rings. The molecule has 0 radical (unpaired) electrons. The number of non-ortho nitro benzene ring substituents is 1. The first-order chi connectivity index (χ1) is 12.9. The minimum atomic E-state index is -0.481. The smallest absolute Gasteiger partial charge is 0.269 e. The molecule has 2 aromatic rings. The molecule has 0 unspecified atom stereocenters. The van der Waals surface area contributed by atoms with Crippen LogP contribution < -0.4 is 10.2 Å². The number of halogens is 1. The molecule has 0 saturated carbocycles. The van der Waals surface area contributed by atoms with Gasteiger partial charge in [-0.25, -0.2) is 4.39 Å². The van der Waals surface area contributed by atoms with Gasteiger partial charge >= 0.3 is 0 Å². The third-order valence-corrected chi connectivity index (χ3v) is 4.66. The molecule has 9 heteroatoms. The van der Waals surface area contributed by atoms with Crippen LogP contribution in [0, 0.1) is 15.9 Å². The first-order valence-electron chi connectivity index (χ1n) is 8.29. The maximum Gasteiger partial charge on any atom is 0.269 e. The van der Waals surface area contributed by atoms with E-state index in [9.17, 15) is 19.3 Å². The van der Waals surface area contributed by atoms with Crippen LogP contribution >= 0.6 is 12.2 Å². The number of thiocarbonyl (C=S) groups is 1. The predicted octanol–water partition coefficient (Wildman–Crippen LogP) is 2.57. The zero-order chi connectivity index (χ0) is 19.4. The van der Waals surface area contributed by atoms with E-state index in [1.807, 2.05) is 4.90 Å². The summed E-state index contributed by atoms with van der Waals surface area (Å²) in [5, 5.41) is 13.7. The van der Waals surface area contributed by atoms with E-state index in [0.717, 1.165) is 11.8 Å². The second-order valence-electron chi connectivity index (χ2n) is 6.02. The highest BCUT2D eigenvalue weighted by molar-refractivity contribution is 7.80. The number of carbonyl (C=O) groups is 1. The highest BCUT2D eigenvalue weighted by atomic mass is 32.1. The summed E-state index contributed by atoms with van der Waals surface area (Å²) in [7, 11) is 0. The lowest BCUT2D eigenvalue weighted by molar-refractivity contribution is -0.384. The Morgan fingerprint density at radius 2 is 1.78 bits per heavy atom. The molecule has 0 atom stereocenters. The van der Waals surface area contributed by atoms with Gasteiger partial charge in [0.1, 0.15) is 5.82 Å². The van der Waals surface area contributed by atoms with Crippen molar-refractivity contribution in [3.8, 4) is 0 Å². The van der Waals surface area contributed by atoms with Gasteiger partial charge in [0.25, 0.3) is 11.6 Å². The number of amides is 1. The van der Waals surface area contributed by atoms with Gasteiger partial charge in [0.2, 0.25) is 0 Å². The Balaban J connectivity index is 1.54. The predicted molar refractivity (Wildman–Crippen MR) is 103 cm³/mol. The number of nitro groups is 1. The van der Waals surface area contributed by atoms with Gasteiger partial charge < -0.3 is 9.80 Å². The summed E-state index contributed by atoms with van der Waals surface area (Å²) in [4.78, 5) is 26.4. The van der Waals surface area contributed by atoms with Gasteiger partial charge in [0.15, 0.2) is 5.11 Å². The lowest BCUT2D eigenvalue weighted by atomic mass is 10.2. The van der Waals surface area contributed by atoms with Crippen LogP contribution in [0.2, 0.25) is 0 Å². The van der Waals surface area contributed by atoms with Crippen molar-refractivity contribution < 1.29 is 14.1 Å². The molecule has 0 aromatic heterocycles. The number of nitro benzene ring substituents is 1. The molecule has 140 valence electrons. The molecule has 1 saturated heterocycles. The Morgan fingerprint density at radius 1 is 1.11 bits per heavy atom. The number of anilines is 1. The van der Waals surface area contributed by atoms with Crippen molar-refractivity contribution >= 4 is 34.6 Å². The standard InChI is InChI=1S/C18H17FN4O3S/c19-14-3-1-2-13(12-14)17(24)20-18(27)22-10-8-21(9-11-22)15-4-6-16(7-5-15)23(25)26/h1-7,12H,8-11H2,(H,20,24,27). The van der Waals surface area contributed by atoms with Gasteiger partial charge in [-0.3, -0.25) is 20.2 Å². The maximum atomic E-state index is 13.2. The number of hydrogen-bond acceptors (Lipinski definition) is 5. The molecule has 1 fully saturated rings. The fourth-order valence-corrected chi connectivity index (χ4v) is 3.11. The summed E-state index contributed by atoms with van der Waals surface area (Å²) in [5.74, 6) is -0.928. The molecule has 1 N–H and O–H groups in total. The van der Waals surface area contributed by atoms with Crippen LogP contribution in [0.5, 0.6) is 0 Å². The van der Waals surface area contributed by atoms with E-state index in [-0.39, 0.29) is 11.3 Å². The lowest BCUT2D eigenvalue weighted by Gasteiger charge is -2.37. The van der Waals surface area contributed by atoms with Crippen LogP contribution in [-0.2, 0) is 0 Å². The highest BCUT2D eigenvalue weighted by Crippen LogP contribution is 2.20. The average molecular weight is 388 g/mol. The normalized spacial score (nSPS) is 14.0. The minimum Gasteiger partial charge on any atom is -0.368 e. The van der Waals surface area contributed by atoms with E-state index in [1.165, 1.54) is 30.3 Å².